The summed E-state index contributed by atoms with van der Waals surface area (Å²) in [6, 6.07) is 54.6. The van der Waals surface area contributed by atoms with E-state index in [1.165, 1.54) is 75.6 Å². The molecule has 6 aromatic carbocycles. The number of nitrogens with zero attached hydrogens (tertiary/aromatic N) is 4. The number of rotatable bonds is 7. The molecule has 2 aromatic heterocycles. The Morgan fingerprint density at radius 3 is 2.00 bits per heavy atom. The summed E-state index contributed by atoms with van der Waals surface area (Å²) >= 11 is 0. The molecule has 61 heavy (non-hydrogen) atoms. The van der Waals surface area contributed by atoms with Crippen molar-refractivity contribution in [3.63, 3.8) is 0 Å². The molecule has 10 rings (SSSR count). The summed E-state index contributed by atoms with van der Waals surface area (Å²) in [7, 11) is 0. The zero-order valence-electron chi connectivity index (χ0n) is 35.7. The molecule has 0 spiro atoms. The van der Waals surface area contributed by atoms with Crippen LogP contribution < -0.4 is 0 Å². The van der Waals surface area contributed by atoms with Crippen LogP contribution in [0.25, 0.3) is 67.1 Å². The monoisotopic (exact) mass is 972 g/mol. The van der Waals surface area contributed by atoms with Crippen LogP contribution in [0.3, 0.4) is 0 Å². The molecule has 1 radical (unpaired) electrons. The Kier molecular flexibility index (Phi) is 10.9. The molecule has 2 unspecified atom stereocenters. The maximum atomic E-state index is 5.01. The van der Waals surface area contributed by atoms with Crippen LogP contribution in [-0.2, 0) is 31.9 Å². The van der Waals surface area contributed by atoms with Crippen molar-refractivity contribution < 1.29 is 20.1 Å². The predicted molar refractivity (Wildman–Crippen MR) is 247 cm³/mol. The van der Waals surface area contributed by atoms with Gasteiger partial charge in [-0.1, -0.05) is 180 Å². The van der Waals surface area contributed by atoms with Gasteiger partial charge in [-0.15, -0.1) is 29.3 Å². The minimum absolute atomic E-state index is 0. The molecule has 2 aliphatic rings. The second kappa shape index (κ2) is 16.3. The summed E-state index contributed by atoms with van der Waals surface area (Å²) in [4.78, 5) is 19.9. The molecular weight excluding hydrogens is 921 g/mol. The molecular formula is C56H51IrN4-. The second-order valence-corrected chi connectivity index (χ2v) is 18.7. The Morgan fingerprint density at radius 1 is 0.590 bits per heavy atom. The van der Waals surface area contributed by atoms with Gasteiger partial charge >= 0.3 is 0 Å². The van der Waals surface area contributed by atoms with Gasteiger partial charge in [0.2, 0.25) is 0 Å². The Balaban J connectivity index is 0.00000476. The minimum atomic E-state index is -0.183. The molecule has 2 heterocycles. The van der Waals surface area contributed by atoms with Crippen molar-refractivity contribution in [2.24, 2.45) is 5.41 Å². The van der Waals surface area contributed by atoms with E-state index in [2.05, 4.69) is 180 Å². The average molecular weight is 972 g/mol. The molecule has 8 aromatic rings. The van der Waals surface area contributed by atoms with Crippen LogP contribution in [0.1, 0.15) is 100 Å². The van der Waals surface area contributed by atoms with E-state index in [0.29, 0.717) is 23.5 Å². The first kappa shape index (κ1) is 40.8. The third kappa shape index (κ3) is 8.02. The summed E-state index contributed by atoms with van der Waals surface area (Å²) in [5.41, 5.74) is 14.3. The Hall–Kier alpha value is -5.61. The van der Waals surface area contributed by atoms with Gasteiger partial charge in [0.25, 0.3) is 0 Å². The Morgan fingerprint density at radius 2 is 1.25 bits per heavy atom. The zero-order chi connectivity index (χ0) is 41.0. The molecule has 0 aliphatic heterocycles. The van der Waals surface area contributed by atoms with Crippen molar-refractivity contribution in [2.75, 3.05) is 0 Å². The molecule has 4 nitrogen and oxygen atoms in total. The molecule has 1 saturated carbocycles. The smallest absolute Gasteiger partial charge is 0.165 e. The first-order valence-electron chi connectivity index (χ1n) is 21.6. The van der Waals surface area contributed by atoms with E-state index in [4.69, 9.17) is 19.9 Å². The van der Waals surface area contributed by atoms with E-state index >= 15 is 0 Å². The summed E-state index contributed by atoms with van der Waals surface area (Å²) in [5.74, 6) is 3.22. The van der Waals surface area contributed by atoms with Crippen LogP contribution in [0.5, 0.6) is 0 Å². The van der Waals surface area contributed by atoms with Crippen molar-refractivity contribution in [1.82, 2.24) is 19.9 Å². The Bertz CT molecular complexity index is 2870. The van der Waals surface area contributed by atoms with Crippen molar-refractivity contribution in [2.45, 2.75) is 84.0 Å². The summed E-state index contributed by atoms with van der Waals surface area (Å²) in [5, 5.41) is 2.35. The third-order valence-electron chi connectivity index (χ3n) is 12.9. The molecule has 0 N–H and O–H groups in total. The molecule has 1 fully saturated rings. The van der Waals surface area contributed by atoms with Crippen molar-refractivity contribution in [1.29, 1.82) is 0 Å². The minimum Gasteiger partial charge on any atom is -0.304 e. The number of hydrogen-bond acceptors (Lipinski definition) is 4. The molecule has 0 bridgehead atoms. The second-order valence-electron chi connectivity index (χ2n) is 18.7. The first-order valence-corrected chi connectivity index (χ1v) is 21.6. The molecule has 2 aliphatic carbocycles. The van der Waals surface area contributed by atoms with Crippen LogP contribution >= 0.6 is 0 Å². The van der Waals surface area contributed by atoms with Crippen molar-refractivity contribution in [3.05, 3.63) is 180 Å². The van der Waals surface area contributed by atoms with E-state index in [9.17, 15) is 0 Å². The summed E-state index contributed by atoms with van der Waals surface area (Å²) in [6.07, 6.45) is 7.74. The summed E-state index contributed by atoms with van der Waals surface area (Å²) < 4.78 is 0. The fourth-order valence-electron chi connectivity index (χ4n) is 9.82. The normalized spacial score (nSPS) is 16.7. The standard InChI is InChI=1S/C56H51N4.Ir/c1-55(2,3)34-52-58-53(43-23-22-36-14-9-10-17-38(36)31-43)60-54(59-52)44-26-29-51(57-35-44)42-25-28-48-47-27-24-40(32-49(47)56(4,5)50(48)33-42)39-18-13-19-41(30-39)46-21-12-11-20-45(46)37-15-7-6-8-16-37;/h6-10,13-19,22-24,26-33,35,45-46H,11-12,20-21,34H2,1-5H3;/q-1;. The van der Waals surface area contributed by atoms with Crippen molar-refractivity contribution in [3.8, 4) is 56.3 Å². The summed E-state index contributed by atoms with van der Waals surface area (Å²) in [6.45, 7) is 11.4. The molecule has 305 valence electrons. The Labute approximate surface area is 374 Å². The molecule has 0 saturated heterocycles. The van der Waals surface area contributed by atoms with E-state index in [1.807, 2.05) is 6.20 Å². The van der Waals surface area contributed by atoms with E-state index < -0.39 is 0 Å². The molecule has 0 amide bonds. The van der Waals surface area contributed by atoms with Crippen molar-refractivity contribution >= 4 is 10.8 Å². The number of pyridine rings is 1. The quantitative estimate of drug-likeness (QED) is 0.149. The topological polar surface area (TPSA) is 51.6 Å². The third-order valence-corrected chi connectivity index (χ3v) is 12.9. The fourth-order valence-corrected chi connectivity index (χ4v) is 9.82. The van der Waals surface area contributed by atoms with Gasteiger partial charge < -0.3 is 4.98 Å². The SMILES string of the molecule is CC(C)(C)Cc1nc(-c2ccc(-c3[c-]cc4c(c3)C(C)(C)c3cc(-c5cccc(C6CCCCC6c6ccccc6)c5)ccc3-4)nc2)nc(-c2ccc3ccccc3c2)n1.[Ir]. The van der Waals surface area contributed by atoms with Crippen LogP contribution in [0.4, 0.5) is 0 Å². The maximum absolute atomic E-state index is 5.01. The van der Waals surface area contributed by atoms with Gasteiger partial charge in [0, 0.05) is 43.8 Å². The maximum Gasteiger partial charge on any atom is 0.165 e. The number of hydrogen-bond donors (Lipinski definition) is 0. The van der Waals surface area contributed by atoms with Gasteiger partial charge in [-0.05, 0) is 85.9 Å². The van der Waals surface area contributed by atoms with E-state index in [0.717, 1.165) is 40.0 Å². The van der Waals surface area contributed by atoms with Gasteiger partial charge in [0.15, 0.2) is 11.6 Å². The van der Waals surface area contributed by atoms with Crippen LogP contribution in [0.15, 0.2) is 146 Å². The molecule has 5 heteroatoms. The largest absolute Gasteiger partial charge is 0.304 e. The number of aromatic nitrogens is 4. The van der Waals surface area contributed by atoms with Gasteiger partial charge in [0.1, 0.15) is 5.82 Å². The number of benzene rings is 6. The van der Waals surface area contributed by atoms with E-state index in [1.54, 1.807) is 0 Å². The van der Waals surface area contributed by atoms with E-state index in [-0.39, 0.29) is 30.9 Å². The average Bonchev–Trinajstić information content (AvgIpc) is 3.50. The van der Waals surface area contributed by atoms with Gasteiger partial charge in [-0.25, -0.2) is 15.0 Å². The van der Waals surface area contributed by atoms with Gasteiger partial charge in [-0.2, -0.15) is 0 Å². The van der Waals surface area contributed by atoms with Gasteiger partial charge in [-0.3, -0.25) is 0 Å². The predicted octanol–water partition coefficient (Wildman–Crippen LogP) is 14.2. The first-order chi connectivity index (χ1) is 29.1. The number of fused-ring (bicyclic) bond motifs is 4. The fraction of sp³-hybridized carbons (Fsp3) is 0.250. The van der Waals surface area contributed by atoms with Crippen LogP contribution in [-0.4, -0.2) is 19.9 Å². The zero-order valence-corrected chi connectivity index (χ0v) is 38.1. The van der Waals surface area contributed by atoms with Crippen LogP contribution in [0, 0.1) is 11.5 Å². The molecule has 2 atom stereocenters. The van der Waals surface area contributed by atoms with Gasteiger partial charge in [0.05, 0.1) is 0 Å². The van der Waals surface area contributed by atoms with Crippen LogP contribution in [0.2, 0.25) is 0 Å².